The molecule has 0 bridgehead atoms. The minimum atomic E-state index is -4.16. The lowest BCUT2D eigenvalue weighted by Crippen LogP contribution is -2.46. The van der Waals surface area contributed by atoms with E-state index in [2.05, 4.69) is 10.0 Å². The first-order valence-corrected chi connectivity index (χ1v) is 13.8. The van der Waals surface area contributed by atoms with Crippen LogP contribution in [0.5, 0.6) is 0 Å². The average molecular weight is 534 g/mol. The molecule has 0 aliphatic carbocycles. The van der Waals surface area contributed by atoms with Crippen molar-refractivity contribution in [3.63, 3.8) is 0 Å². The Morgan fingerprint density at radius 1 is 1.08 bits per heavy atom. The molecule has 8 nitrogen and oxygen atoms in total. The zero-order valence-electron chi connectivity index (χ0n) is 22.2. The van der Waals surface area contributed by atoms with Crippen molar-refractivity contribution >= 4 is 27.7 Å². The highest BCUT2D eigenvalue weighted by Crippen LogP contribution is 2.27. The molecule has 2 N–H and O–H groups in total. The lowest BCUT2D eigenvalue weighted by atomic mass is 9.91. The highest BCUT2D eigenvalue weighted by atomic mass is 32.2. The van der Waals surface area contributed by atoms with Crippen molar-refractivity contribution in [3.8, 4) is 0 Å². The molecule has 37 heavy (non-hydrogen) atoms. The largest absolute Gasteiger partial charge is 0.444 e. The van der Waals surface area contributed by atoms with Crippen LogP contribution >= 0.6 is 0 Å². The van der Waals surface area contributed by atoms with Crippen LogP contribution in [0.15, 0.2) is 41.3 Å². The number of sulfonamides is 1. The number of hydrogen-bond acceptors (Lipinski definition) is 5. The van der Waals surface area contributed by atoms with E-state index in [-0.39, 0.29) is 17.7 Å². The van der Waals surface area contributed by atoms with Gasteiger partial charge in [0.15, 0.2) is 0 Å². The third kappa shape index (κ3) is 7.29. The normalized spacial score (nSPS) is 15.8. The first kappa shape index (κ1) is 28.6. The van der Waals surface area contributed by atoms with Crippen LogP contribution < -0.4 is 10.0 Å². The first-order valence-electron chi connectivity index (χ1n) is 12.4. The van der Waals surface area contributed by atoms with Gasteiger partial charge in [-0.3, -0.25) is 4.79 Å². The topological polar surface area (TPSA) is 105 Å². The summed E-state index contributed by atoms with van der Waals surface area (Å²) < 4.78 is 49.1. The van der Waals surface area contributed by atoms with E-state index in [0.29, 0.717) is 37.1 Å². The van der Waals surface area contributed by atoms with E-state index in [9.17, 15) is 22.4 Å². The molecule has 1 aliphatic heterocycles. The fourth-order valence-electron chi connectivity index (χ4n) is 4.33. The molecule has 2 aromatic rings. The van der Waals surface area contributed by atoms with Gasteiger partial charge in [-0.2, -0.15) is 0 Å². The fourth-order valence-corrected chi connectivity index (χ4v) is 5.78. The van der Waals surface area contributed by atoms with Gasteiger partial charge in [-0.05, 0) is 89.6 Å². The number of aryl methyl sites for hydroxylation is 2. The highest BCUT2D eigenvalue weighted by molar-refractivity contribution is 7.89. The molecule has 1 aliphatic rings. The average Bonchev–Trinajstić information content (AvgIpc) is 2.80. The summed E-state index contributed by atoms with van der Waals surface area (Å²) in [7, 11) is -4.16. The Kier molecular flexibility index (Phi) is 8.64. The third-order valence-corrected chi connectivity index (χ3v) is 8.02. The molecule has 1 saturated heterocycles. The summed E-state index contributed by atoms with van der Waals surface area (Å²) in [6.45, 7) is 11.5. The summed E-state index contributed by atoms with van der Waals surface area (Å²) >= 11 is 0. The predicted molar refractivity (Wildman–Crippen MR) is 141 cm³/mol. The van der Waals surface area contributed by atoms with Crippen LogP contribution in [-0.4, -0.2) is 50.1 Å². The van der Waals surface area contributed by atoms with Crippen LogP contribution in [-0.2, 0) is 14.8 Å². The van der Waals surface area contributed by atoms with Crippen LogP contribution in [0.3, 0.4) is 0 Å². The van der Waals surface area contributed by atoms with E-state index in [1.165, 1.54) is 6.07 Å². The second-order valence-corrected chi connectivity index (χ2v) is 12.3. The molecule has 2 aromatic carbocycles. The molecule has 0 spiro atoms. The van der Waals surface area contributed by atoms with E-state index in [1.807, 2.05) is 6.07 Å². The summed E-state index contributed by atoms with van der Waals surface area (Å²) in [5, 5.41) is 2.67. The number of piperidine rings is 1. The lowest BCUT2D eigenvalue weighted by Gasteiger charge is -2.35. The number of hydrogen-bond donors (Lipinski definition) is 2. The molecule has 1 fully saturated rings. The Labute approximate surface area is 218 Å². The summed E-state index contributed by atoms with van der Waals surface area (Å²) in [4.78, 5) is 26.1. The van der Waals surface area contributed by atoms with Crippen molar-refractivity contribution < 1.29 is 27.1 Å². The van der Waals surface area contributed by atoms with Crippen LogP contribution in [0, 0.1) is 25.6 Å². The maximum atomic E-state index is 15.0. The van der Waals surface area contributed by atoms with Gasteiger partial charge in [0.25, 0.3) is 5.91 Å². The zero-order valence-corrected chi connectivity index (χ0v) is 23.0. The zero-order chi connectivity index (χ0) is 27.5. The first-order chi connectivity index (χ1) is 17.2. The Morgan fingerprint density at radius 3 is 2.30 bits per heavy atom. The van der Waals surface area contributed by atoms with Crippen LogP contribution in [0.25, 0.3) is 0 Å². The minimum absolute atomic E-state index is 0.0229. The number of rotatable bonds is 6. The minimum Gasteiger partial charge on any atom is -0.444 e. The third-order valence-electron chi connectivity index (χ3n) is 6.45. The highest BCUT2D eigenvalue weighted by Gasteiger charge is 2.32. The smallest absolute Gasteiger partial charge is 0.410 e. The molecule has 202 valence electrons. The summed E-state index contributed by atoms with van der Waals surface area (Å²) in [5.41, 5.74) is 1.26. The van der Waals surface area contributed by atoms with Crippen molar-refractivity contribution in [1.82, 2.24) is 9.62 Å². The standard InChI is InChI=1S/C27H36FN3O5S/c1-17-9-7-8-10-21(17)25(32)29-23-16-22(28)24(15-18(23)2)37(34,35)30-19(3)20-11-13-31(14-12-20)26(33)36-27(4,5)6/h7-10,15-16,19-20,30H,11-14H2,1-6H3,(H,29,32). The van der Waals surface area contributed by atoms with Gasteiger partial charge in [0, 0.05) is 30.4 Å². The number of ether oxygens (including phenoxy) is 1. The van der Waals surface area contributed by atoms with Gasteiger partial charge in [-0.15, -0.1) is 0 Å². The number of nitrogens with zero attached hydrogens (tertiary/aromatic N) is 1. The Bertz CT molecular complexity index is 1270. The molecular formula is C27H36FN3O5S. The van der Waals surface area contributed by atoms with Crippen molar-refractivity contribution in [2.75, 3.05) is 18.4 Å². The molecule has 10 heteroatoms. The van der Waals surface area contributed by atoms with Crippen LogP contribution in [0.2, 0.25) is 0 Å². The molecule has 0 saturated carbocycles. The van der Waals surface area contributed by atoms with Crippen LogP contribution in [0.4, 0.5) is 14.9 Å². The number of benzene rings is 2. The number of carbonyl (C=O) groups excluding carboxylic acids is 2. The monoisotopic (exact) mass is 533 g/mol. The molecule has 0 aromatic heterocycles. The van der Waals surface area contributed by atoms with Gasteiger partial charge in [-0.1, -0.05) is 18.2 Å². The van der Waals surface area contributed by atoms with Crippen molar-refractivity contribution in [2.24, 2.45) is 5.92 Å². The number of halogens is 1. The van der Waals surface area contributed by atoms with Crippen molar-refractivity contribution in [1.29, 1.82) is 0 Å². The second kappa shape index (κ2) is 11.2. The Morgan fingerprint density at radius 2 is 1.70 bits per heavy atom. The van der Waals surface area contributed by atoms with E-state index < -0.39 is 38.3 Å². The number of carbonyl (C=O) groups is 2. The summed E-state index contributed by atoms with van der Waals surface area (Å²) in [5.74, 6) is -1.38. The van der Waals surface area contributed by atoms with E-state index in [4.69, 9.17) is 4.74 Å². The van der Waals surface area contributed by atoms with E-state index >= 15 is 0 Å². The molecule has 2 amide bonds. The maximum absolute atomic E-state index is 15.0. The molecule has 1 unspecified atom stereocenters. The van der Waals surface area contributed by atoms with E-state index in [0.717, 1.165) is 11.6 Å². The lowest BCUT2D eigenvalue weighted by molar-refractivity contribution is 0.0174. The van der Waals surface area contributed by atoms with Gasteiger partial charge < -0.3 is 15.0 Å². The van der Waals surface area contributed by atoms with Gasteiger partial charge in [0.1, 0.15) is 16.3 Å². The SMILES string of the molecule is Cc1cc(S(=O)(=O)NC(C)C2CCN(C(=O)OC(C)(C)C)CC2)c(F)cc1NC(=O)c1ccccc1C. The molecule has 1 heterocycles. The van der Waals surface area contributed by atoms with E-state index in [1.54, 1.807) is 64.6 Å². The van der Waals surface area contributed by atoms with Crippen molar-refractivity contribution in [2.45, 2.75) is 70.9 Å². The van der Waals surface area contributed by atoms with Gasteiger partial charge in [0.05, 0.1) is 0 Å². The molecule has 1 atom stereocenters. The van der Waals surface area contributed by atoms with Gasteiger partial charge in [-0.25, -0.2) is 22.3 Å². The number of anilines is 1. The predicted octanol–water partition coefficient (Wildman–Crippen LogP) is 5.01. The Hall–Kier alpha value is -2.98. The van der Waals surface area contributed by atoms with Gasteiger partial charge >= 0.3 is 6.09 Å². The number of nitrogens with one attached hydrogen (secondary N) is 2. The molecule has 0 radical (unpaired) electrons. The fraction of sp³-hybridized carbons (Fsp3) is 0.481. The van der Waals surface area contributed by atoms with Crippen molar-refractivity contribution in [3.05, 3.63) is 58.9 Å². The summed E-state index contributed by atoms with van der Waals surface area (Å²) in [6, 6.07) is 8.80. The quantitative estimate of drug-likeness (QED) is 0.543. The Balaban J connectivity index is 1.66. The number of amides is 2. The second-order valence-electron chi connectivity index (χ2n) is 10.6. The molecule has 3 rings (SSSR count). The summed E-state index contributed by atoms with van der Waals surface area (Å²) in [6.07, 6.45) is 0.800. The van der Waals surface area contributed by atoms with Crippen LogP contribution in [0.1, 0.15) is 62.0 Å². The molecular weight excluding hydrogens is 497 g/mol. The number of likely N-dealkylation sites (tertiary alicyclic amines) is 1. The van der Waals surface area contributed by atoms with Gasteiger partial charge in [0.2, 0.25) is 10.0 Å². The maximum Gasteiger partial charge on any atom is 0.410 e.